The Morgan fingerprint density at radius 3 is 2.84 bits per heavy atom. The molecule has 8 nitrogen and oxygen atoms in total. The first-order valence-corrected chi connectivity index (χ1v) is 5.71. The molecule has 2 N–H and O–H groups in total. The van der Waals surface area contributed by atoms with Crippen LogP contribution in [0.25, 0.3) is 0 Å². The number of nitrogens with one attached hydrogen (secondary N) is 1. The van der Waals surface area contributed by atoms with Crippen LogP contribution in [0, 0.1) is 6.92 Å². The molecule has 2 aromatic heterocycles. The Morgan fingerprint density at radius 2 is 2.26 bits per heavy atom. The molecule has 0 radical (unpaired) electrons. The van der Waals surface area contributed by atoms with Gasteiger partial charge in [-0.05, 0) is 6.92 Å². The van der Waals surface area contributed by atoms with E-state index in [-0.39, 0.29) is 5.56 Å². The largest absolute Gasteiger partial charge is 0.478 e. The first-order valence-electron chi connectivity index (χ1n) is 5.71. The van der Waals surface area contributed by atoms with Crippen LogP contribution in [0.5, 0.6) is 0 Å². The fourth-order valence-corrected chi connectivity index (χ4v) is 1.55. The summed E-state index contributed by atoms with van der Waals surface area (Å²) in [4.78, 5) is 22.9. The minimum atomic E-state index is -1.03. The van der Waals surface area contributed by atoms with Gasteiger partial charge in [-0.25, -0.2) is 19.7 Å². The van der Waals surface area contributed by atoms with Crippen molar-refractivity contribution in [2.45, 2.75) is 13.3 Å². The highest BCUT2D eigenvalue weighted by Crippen LogP contribution is 2.06. The first kappa shape index (κ1) is 12.9. The number of carboxylic acids is 1. The molecule has 0 aromatic carbocycles. The lowest BCUT2D eigenvalue weighted by atomic mass is 10.2. The van der Waals surface area contributed by atoms with Gasteiger partial charge in [0, 0.05) is 26.2 Å². The minimum absolute atomic E-state index is 0.108. The van der Waals surface area contributed by atoms with E-state index < -0.39 is 5.97 Å². The van der Waals surface area contributed by atoms with Crippen molar-refractivity contribution in [2.24, 2.45) is 7.05 Å². The standard InChI is InChI=1S/C11H14N6O2/c1-7-8(10(18)19)5-13-11(15-7)12-4-3-9-14-6-17(2)16-9/h5-6H,3-4H2,1-2H3,(H,18,19)(H,12,13,15). The zero-order valence-electron chi connectivity index (χ0n) is 10.7. The molecule has 0 fully saturated rings. The van der Waals surface area contributed by atoms with Gasteiger partial charge in [-0.3, -0.25) is 4.68 Å². The number of carboxylic acid groups (broad SMARTS) is 1. The van der Waals surface area contributed by atoms with Crippen LogP contribution in [0.4, 0.5) is 5.95 Å². The summed E-state index contributed by atoms with van der Waals surface area (Å²) < 4.78 is 1.64. The molecule has 0 unspecified atom stereocenters. The topological polar surface area (TPSA) is 106 Å². The van der Waals surface area contributed by atoms with Crippen molar-refractivity contribution in [1.29, 1.82) is 0 Å². The van der Waals surface area contributed by atoms with Gasteiger partial charge in [0.15, 0.2) is 5.82 Å². The molecule has 0 aliphatic rings. The van der Waals surface area contributed by atoms with Gasteiger partial charge in [0.1, 0.15) is 6.33 Å². The van der Waals surface area contributed by atoms with Crippen LogP contribution in [-0.2, 0) is 13.5 Å². The second-order valence-corrected chi connectivity index (χ2v) is 4.01. The second kappa shape index (κ2) is 5.42. The van der Waals surface area contributed by atoms with E-state index in [1.807, 2.05) is 0 Å². The maximum Gasteiger partial charge on any atom is 0.339 e. The van der Waals surface area contributed by atoms with Crippen LogP contribution in [0.2, 0.25) is 0 Å². The molecule has 0 aliphatic heterocycles. The molecule has 0 atom stereocenters. The zero-order chi connectivity index (χ0) is 13.8. The van der Waals surface area contributed by atoms with Crippen molar-refractivity contribution in [3.05, 3.63) is 29.6 Å². The first-order chi connectivity index (χ1) is 9.06. The van der Waals surface area contributed by atoms with Crippen LogP contribution in [0.3, 0.4) is 0 Å². The third-order valence-corrected chi connectivity index (χ3v) is 2.49. The van der Waals surface area contributed by atoms with Crippen molar-refractivity contribution in [1.82, 2.24) is 24.7 Å². The van der Waals surface area contributed by atoms with Crippen LogP contribution < -0.4 is 5.32 Å². The summed E-state index contributed by atoms with van der Waals surface area (Å²) in [6.45, 7) is 2.21. The predicted octanol–water partition coefficient (Wildman–Crippen LogP) is 0.266. The molecule has 0 spiro atoms. The van der Waals surface area contributed by atoms with Crippen LogP contribution >= 0.6 is 0 Å². The number of carbonyl (C=O) groups is 1. The van der Waals surface area contributed by atoms with Gasteiger partial charge in [0.2, 0.25) is 5.95 Å². The number of aromatic carboxylic acids is 1. The van der Waals surface area contributed by atoms with Gasteiger partial charge in [0.25, 0.3) is 0 Å². The number of rotatable bonds is 5. The smallest absolute Gasteiger partial charge is 0.339 e. The summed E-state index contributed by atoms with van der Waals surface area (Å²) in [7, 11) is 1.81. The molecule has 0 bridgehead atoms. The lowest BCUT2D eigenvalue weighted by Gasteiger charge is -2.05. The fraction of sp³-hybridized carbons (Fsp3) is 0.364. The molecule has 100 valence electrons. The molecule has 2 aromatic rings. The van der Waals surface area contributed by atoms with Gasteiger partial charge >= 0.3 is 5.97 Å². The minimum Gasteiger partial charge on any atom is -0.478 e. The maximum atomic E-state index is 10.8. The number of anilines is 1. The van der Waals surface area contributed by atoms with E-state index in [0.29, 0.717) is 24.6 Å². The van der Waals surface area contributed by atoms with Crippen molar-refractivity contribution in [3.8, 4) is 0 Å². The Bertz CT molecular complexity index is 595. The zero-order valence-corrected chi connectivity index (χ0v) is 10.7. The fourth-order valence-electron chi connectivity index (χ4n) is 1.55. The molecule has 0 amide bonds. The Labute approximate surface area is 109 Å². The Kier molecular flexibility index (Phi) is 3.69. The average Bonchev–Trinajstić information content (AvgIpc) is 2.75. The quantitative estimate of drug-likeness (QED) is 0.796. The summed E-state index contributed by atoms with van der Waals surface area (Å²) in [5.41, 5.74) is 0.540. The van der Waals surface area contributed by atoms with E-state index in [9.17, 15) is 4.79 Å². The summed E-state index contributed by atoms with van der Waals surface area (Å²) >= 11 is 0. The number of nitrogens with zero attached hydrogens (tertiary/aromatic N) is 5. The summed E-state index contributed by atoms with van der Waals surface area (Å²) in [6.07, 6.45) is 3.58. The number of hydrogen-bond donors (Lipinski definition) is 2. The summed E-state index contributed by atoms with van der Waals surface area (Å²) in [5.74, 6) is 0.106. The second-order valence-electron chi connectivity index (χ2n) is 4.01. The third kappa shape index (κ3) is 3.24. The van der Waals surface area contributed by atoms with Crippen LogP contribution in [0.15, 0.2) is 12.5 Å². The third-order valence-electron chi connectivity index (χ3n) is 2.49. The highest BCUT2D eigenvalue weighted by Gasteiger charge is 2.09. The Hall–Kier alpha value is -2.51. The number of hydrogen-bond acceptors (Lipinski definition) is 6. The predicted molar refractivity (Wildman–Crippen MR) is 66.9 cm³/mol. The lowest BCUT2D eigenvalue weighted by Crippen LogP contribution is -2.11. The molecule has 8 heteroatoms. The Balaban J connectivity index is 1.93. The highest BCUT2D eigenvalue weighted by molar-refractivity contribution is 5.88. The molecule has 19 heavy (non-hydrogen) atoms. The Morgan fingerprint density at radius 1 is 1.47 bits per heavy atom. The van der Waals surface area contributed by atoms with E-state index in [1.165, 1.54) is 6.20 Å². The van der Waals surface area contributed by atoms with Gasteiger partial charge in [-0.1, -0.05) is 0 Å². The highest BCUT2D eigenvalue weighted by atomic mass is 16.4. The van der Waals surface area contributed by atoms with Crippen molar-refractivity contribution < 1.29 is 9.90 Å². The molecule has 2 rings (SSSR count). The maximum absolute atomic E-state index is 10.8. The van der Waals surface area contributed by atoms with E-state index in [2.05, 4.69) is 25.4 Å². The van der Waals surface area contributed by atoms with E-state index in [1.54, 1.807) is 25.0 Å². The van der Waals surface area contributed by atoms with Crippen molar-refractivity contribution in [3.63, 3.8) is 0 Å². The van der Waals surface area contributed by atoms with E-state index in [4.69, 9.17) is 5.11 Å². The molecule has 0 saturated carbocycles. The van der Waals surface area contributed by atoms with Gasteiger partial charge < -0.3 is 10.4 Å². The summed E-state index contributed by atoms with van der Waals surface area (Å²) in [6, 6.07) is 0. The van der Waals surface area contributed by atoms with Crippen LogP contribution in [0.1, 0.15) is 21.9 Å². The van der Waals surface area contributed by atoms with Gasteiger partial charge in [0.05, 0.1) is 11.3 Å². The number of aromatic nitrogens is 5. The summed E-state index contributed by atoms with van der Waals surface area (Å²) in [5, 5.41) is 16.0. The number of aryl methyl sites for hydroxylation is 2. The van der Waals surface area contributed by atoms with Crippen molar-refractivity contribution in [2.75, 3.05) is 11.9 Å². The molecule has 2 heterocycles. The van der Waals surface area contributed by atoms with Gasteiger partial charge in [-0.2, -0.15) is 5.10 Å². The lowest BCUT2D eigenvalue weighted by molar-refractivity contribution is 0.0695. The molecular formula is C11H14N6O2. The van der Waals surface area contributed by atoms with E-state index in [0.717, 1.165) is 5.82 Å². The molecule has 0 saturated heterocycles. The SMILES string of the molecule is Cc1nc(NCCc2ncn(C)n2)ncc1C(=O)O. The normalized spacial score (nSPS) is 10.4. The molecule has 0 aliphatic carbocycles. The monoisotopic (exact) mass is 262 g/mol. The van der Waals surface area contributed by atoms with Crippen molar-refractivity contribution >= 4 is 11.9 Å². The average molecular weight is 262 g/mol. The van der Waals surface area contributed by atoms with E-state index >= 15 is 0 Å². The van der Waals surface area contributed by atoms with Gasteiger partial charge in [-0.15, -0.1) is 0 Å². The molecular weight excluding hydrogens is 248 g/mol. The van der Waals surface area contributed by atoms with Crippen LogP contribution in [-0.4, -0.2) is 42.4 Å².